The average Bonchev–Trinajstić information content (AvgIpc) is 3.10. The number of amides is 2. The van der Waals surface area contributed by atoms with Gasteiger partial charge in [-0.05, 0) is 50.1 Å². The van der Waals surface area contributed by atoms with Crippen LogP contribution in [0.25, 0.3) is 0 Å². The third kappa shape index (κ3) is 3.67. The molecule has 35 heavy (non-hydrogen) atoms. The maximum atomic E-state index is 14.2. The molecule has 1 aromatic carbocycles. The molecular weight excluding hydrogens is 468 g/mol. The molecule has 1 aromatic rings. The Morgan fingerprint density at radius 3 is 2.57 bits per heavy atom. The van der Waals surface area contributed by atoms with Crippen molar-refractivity contribution in [3.8, 4) is 5.75 Å². The molecule has 186 valence electrons. The Hall–Kier alpha value is -2.78. The molecule has 4 aliphatic rings. The quantitative estimate of drug-likeness (QED) is 0.365. The van der Waals surface area contributed by atoms with Gasteiger partial charge in [0.25, 0.3) is 5.91 Å². The first kappa shape index (κ1) is 23.9. The molecular formula is C26H30N2O6S. The molecule has 1 N–H and O–H groups in total. The topological polar surface area (TPSA) is 96.4 Å². The zero-order valence-electron chi connectivity index (χ0n) is 19.9. The van der Waals surface area contributed by atoms with Crippen molar-refractivity contribution in [3.05, 3.63) is 48.6 Å². The number of thioether (sulfide) groups is 1. The predicted molar refractivity (Wildman–Crippen MR) is 132 cm³/mol. The summed E-state index contributed by atoms with van der Waals surface area (Å²) in [5, 5.41) is 9.31. The molecule has 8 nitrogen and oxygen atoms in total. The molecule has 0 aliphatic carbocycles. The minimum atomic E-state index is -0.894. The second-order valence-corrected chi connectivity index (χ2v) is 11.3. The predicted octanol–water partition coefficient (Wildman–Crippen LogP) is 2.17. The third-order valence-electron chi connectivity index (χ3n) is 7.50. The lowest BCUT2D eigenvalue weighted by Crippen LogP contribution is -2.53. The van der Waals surface area contributed by atoms with E-state index < -0.39 is 33.3 Å². The van der Waals surface area contributed by atoms with E-state index in [0.29, 0.717) is 37.4 Å². The van der Waals surface area contributed by atoms with Gasteiger partial charge in [0.05, 0.1) is 23.7 Å². The van der Waals surface area contributed by atoms with Crippen molar-refractivity contribution in [2.24, 2.45) is 11.8 Å². The number of rotatable bonds is 6. The number of nitrogens with zero attached hydrogens (tertiary/aromatic N) is 2. The lowest BCUT2D eigenvalue weighted by atomic mass is 9.75. The zero-order valence-corrected chi connectivity index (χ0v) is 20.7. The second-order valence-electron chi connectivity index (χ2n) is 9.54. The first-order valence-corrected chi connectivity index (χ1v) is 12.8. The fraction of sp³-hybridized carbons (Fsp3) is 0.500. The lowest BCUT2D eigenvalue weighted by molar-refractivity contribution is -0.152. The number of aliphatic hydroxyl groups excluding tert-OH is 1. The summed E-state index contributed by atoms with van der Waals surface area (Å²) >= 11 is 1.53. The third-order valence-corrected chi connectivity index (χ3v) is 9.30. The van der Waals surface area contributed by atoms with Crippen LogP contribution in [0, 0.1) is 11.8 Å². The molecule has 2 saturated heterocycles. The first-order valence-electron chi connectivity index (χ1n) is 12.0. The van der Waals surface area contributed by atoms with Crippen LogP contribution in [0.3, 0.4) is 0 Å². The van der Waals surface area contributed by atoms with Gasteiger partial charge in [-0.25, -0.2) is 0 Å². The summed E-state index contributed by atoms with van der Waals surface area (Å²) in [6.07, 6.45) is 8.81. The van der Waals surface area contributed by atoms with E-state index in [-0.39, 0.29) is 25.0 Å². The van der Waals surface area contributed by atoms with E-state index in [0.717, 1.165) is 0 Å². The zero-order chi connectivity index (χ0) is 24.8. The second kappa shape index (κ2) is 9.02. The van der Waals surface area contributed by atoms with Gasteiger partial charge in [-0.2, -0.15) is 0 Å². The number of cyclic esters (lactones) is 1. The van der Waals surface area contributed by atoms with Crippen molar-refractivity contribution >= 4 is 35.2 Å². The van der Waals surface area contributed by atoms with Crippen molar-refractivity contribution in [2.45, 2.75) is 35.3 Å². The lowest BCUT2D eigenvalue weighted by Gasteiger charge is -2.36. The molecule has 1 unspecified atom stereocenters. The summed E-state index contributed by atoms with van der Waals surface area (Å²) in [7, 11) is 1.59. The van der Waals surface area contributed by atoms with Gasteiger partial charge < -0.3 is 24.4 Å². The Morgan fingerprint density at radius 1 is 1.09 bits per heavy atom. The number of carbonyl (C=O) groups excluding carboxylic acids is 3. The van der Waals surface area contributed by atoms with Crippen molar-refractivity contribution in [1.29, 1.82) is 0 Å². The van der Waals surface area contributed by atoms with E-state index in [1.54, 1.807) is 29.0 Å². The number of fused-ring (bicyclic) bond motifs is 2. The number of likely N-dealkylation sites (tertiary alicyclic amines) is 1. The van der Waals surface area contributed by atoms with Crippen LogP contribution in [-0.4, -0.2) is 76.7 Å². The van der Waals surface area contributed by atoms with E-state index >= 15 is 0 Å². The van der Waals surface area contributed by atoms with Crippen LogP contribution in [0.2, 0.25) is 0 Å². The van der Waals surface area contributed by atoms with Gasteiger partial charge in [-0.1, -0.05) is 18.2 Å². The van der Waals surface area contributed by atoms with Crippen LogP contribution in [0.15, 0.2) is 48.6 Å². The van der Waals surface area contributed by atoms with Gasteiger partial charge in [-0.15, -0.1) is 11.8 Å². The number of methoxy groups -OCH3 is 1. The number of aliphatic hydroxyl groups is 1. The smallest absolute Gasteiger partial charge is 0.311 e. The molecule has 5 atom stereocenters. The molecule has 0 radical (unpaired) electrons. The van der Waals surface area contributed by atoms with E-state index in [2.05, 4.69) is 0 Å². The normalized spacial score (nSPS) is 33.7. The number of hydrogen-bond acceptors (Lipinski definition) is 7. The Kier molecular flexibility index (Phi) is 6.17. The van der Waals surface area contributed by atoms with Crippen molar-refractivity contribution in [3.63, 3.8) is 0 Å². The summed E-state index contributed by atoms with van der Waals surface area (Å²) in [6, 6.07) is 6.51. The van der Waals surface area contributed by atoms with Gasteiger partial charge in [0, 0.05) is 30.1 Å². The fourth-order valence-electron chi connectivity index (χ4n) is 5.98. The van der Waals surface area contributed by atoms with Crippen LogP contribution in [0.1, 0.15) is 19.8 Å². The van der Waals surface area contributed by atoms with E-state index in [1.807, 2.05) is 43.4 Å². The molecule has 2 fully saturated rings. The highest BCUT2D eigenvalue weighted by molar-refractivity contribution is 8.02. The van der Waals surface area contributed by atoms with Crippen molar-refractivity contribution < 1.29 is 29.0 Å². The van der Waals surface area contributed by atoms with Gasteiger partial charge >= 0.3 is 5.97 Å². The Bertz CT molecular complexity index is 1090. The summed E-state index contributed by atoms with van der Waals surface area (Å²) in [5.41, 5.74) is 0.714. The van der Waals surface area contributed by atoms with Crippen LogP contribution >= 0.6 is 11.8 Å². The molecule has 5 rings (SSSR count). The monoisotopic (exact) mass is 498 g/mol. The standard InChI is InChI=1S/C26H30N2O6S/c1-25-11-6-16-34-24(32)20(25)19-22(30)28(13-3-4-15-29)21-23(31)27(14-5-12-26(19,21)35-25)17-7-9-18(33-2)10-8-17/h5-12,19-21,29H,3-4,13-16H2,1-2H3/t19-,20+,21?,25-,26-/m0/s1. The molecule has 0 aromatic heterocycles. The molecule has 0 bridgehead atoms. The number of esters is 1. The van der Waals surface area contributed by atoms with Crippen LogP contribution in [0.5, 0.6) is 5.75 Å². The van der Waals surface area contributed by atoms with E-state index in [1.165, 1.54) is 11.8 Å². The number of anilines is 1. The number of hydrogen-bond donors (Lipinski definition) is 1. The molecule has 4 heterocycles. The minimum absolute atomic E-state index is 0.0135. The number of unbranched alkanes of at least 4 members (excludes halogenated alkanes) is 1. The summed E-state index contributed by atoms with van der Waals surface area (Å²) in [5.74, 6) is -1.47. The highest BCUT2D eigenvalue weighted by Crippen LogP contribution is 2.65. The van der Waals surface area contributed by atoms with Crippen molar-refractivity contribution in [2.75, 3.05) is 38.3 Å². The average molecular weight is 499 g/mol. The van der Waals surface area contributed by atoms with Gasteiger partial charge in [-0.3, -0.25) is 14.4 Å². The number of benzene rings is 1. The Labute approximate surface area is 208 Å². The first-order chi connectivity index (χ1) is 16.9. The van der Waals surface area contributed by atoms with E-state index in [9.17, 15) is 19.5 Å². The number of carbonyl (C=O) groups is 3. The Balaban J connectivity index is 1.60. The number of ether oxygens (including phenoxy) is 2. The molecule has 0 saturated carbocycles. The molecule has 2 amide bonds. The highest BCUT2D eigenvalue weighted by Gasteiger charge is 2.74. The Morgan fingerprint density at radius 2 is 1.86 bits per heavy atom. The molecule has 9 heteroatoms. The molecule has 1 spiro atoms. The summed E-state index contributed by atoms with van der Waals surface area (Å²) in [6.45, 7) is 2.86. The van der Waals surface area contributed by atoms with Crippen LogP contribution in [0.4, 0.5) is 5.69 Å². The minimum Gasteiger partial charge on any atom is -0.497 e. The largest absolute Gasteiger partial charge is 0.497 e. The van der Waals surface area contributed by atoms with E-state index in [4.69, 9.17) is 9.47 Å². The summed E-state index contributed by atoms with van der Waals surface area (Å²) < 4.78 is 9.15. The summed E-state index contributed by atoms with van der Waals surface area (Å²) in [4.78, 5) is 44.7. The van der Waals surface area contributed by atoms with Crippen molar-refractivity contribution in [1.82, 2.24) is 4.90 Å². The van der Waals surface area contributed by atoms with Crippen LogP contribution in [-0.2, 0) is 19.1 Å². The molecule has 4 aliphatic heterocycles. The SMILES string of the molecule is COc1ccc(N2CC=C[C@]34S[C@@]5(C)C=CCOC(=O)[C@H]5[C@H]3C(=O)N(CCCCO)C4C2=O)cc1. The fourth-order valence-corrected chi connectivity index (χ4v) is 8.14. The van der Waals surface area contributed by atoms with Gasteiger partial charge in [0.15, 0.2) is 0 Å². The van der Waals surface area contributed by atoms with Gasteiger partial charge in [0.2, 0.25) is 5.91 Å². The van der Waals surface area contributed by atoms with Gasteiger partial charge in [0.1, 0.15) is 18.4 Å². The van der Waals surface area contributed by atoms with Crippen LogP contribution < -0.4 is 9.64 Å². The maximum absolute atomic E-state index is 14.2. The maximum Gasteiger partial charge on any atom is 0.311 e. The highest BCUT2D eigenvalue weighted by atomic mass is 32.2.